The number of nitrogens with one attached hydrogen (secondary N) is 1. The molecule has 40 heavy (non-hydrogen) atoms. The normalized spacial score (nSPS) is 15.2. The fourth-order valence-corrected chi connectivity index (χ4v) is 4.89. The molecule has 1 aliphatic rings. The van der Waals surface area contributed by atoms with Crippen LogP contribution in [0.5, 0.6) is 5.75 Å². The molecule has 0 saturated heterocycles. The average Bonchev–Trinajstić information content (AvgIpc) is 3.56. The molecule has 2 N–H and O–H groups in total. The average molecular weight is 550 g/mol. The van der Waals surface area contributed by atoms with Gasteiger partial charge in [-0.05, 0) is 55.3 Å². The van der Waals surface area contributed by atoms with E-state index < -0.39 is 18.0 Å². The number of hydrogen-bond donors (Lipinski definition) is 2. The molecule has 0 fully saturated rings. The van der Waals surface area contributed by atoms with E-state index in [1.165, 1.54) is 25.0 Å². The number of aromatic nitrogens is 5. The Kier molecular flexibility index (Phi) is 7.92. The van der Waals surface area contributed by atoms with E-state index in [9.17, 15) is 9.90 Å². The van der Waals surface area contributed by atoms with Crippen molar-refractivity contribution in [1.82, 2.24) is 35.0 Å². The standard InChI is InChI=1S/C28H32FN7O4/c1-17-13-36(33-31-17)24-7-8-25(40-4)26(29)21(24)12-30-27(37)22-15-35(32-23(22)16-39-3)14-18-5-6-19-9-10-34(2)28(38)20(19)11-18/h5-8,11,13,15,28,38H,9-10,12,14,16H2,1-4H3,(H,30,37). The molecule has 2 aromatic carbocycles. The molecule has 1 amide bonds. The first-order valence-electron chi connectivity index (χ1n) is 12.9. The van der Waals surface area contributed by atoms with E-state index >= 15 is 4.39 Å². The highest BCUT2D eigenvalue weighted by Gasteiger charge is 2.24. The highest BCUT2D eigenvalue weighted by molar-refractivity contribution is 5.95. The first kappa shape index (κ1) is 27.4. The lowest BCUT2D eigenvalue weighted by Gasteiger charge is -2.31. The van der Waals surface area contributed by atoms with Crippen molar-refractivity contribution < 1.29 is 23.8 Å². The highest BCUT2D eigenvalue weighted by Crippen LogP contribution is 2.28. The van der Waals surface area contributed by atoms with E-state index in [1.807, 2.05) is 30.1 Å². The smallest absolute Gasteiger partial charge is 0.255 e. The summed E-state index contributed by atoms with van der Waals surface area (Å²) in [7, 11) is 4.80. The second kappa shape index (κ2) is 11.5. The summed E-state index contributed by atoms with van der Waals surface area (Å²) in [6.45, 7) is 2.98. The summed E-state index contributed by atoms with van der Waals surface area (Å²) in [5, 5.41) is 26.0. The minimum Gasteiger partial charge on any atom is -0.494 e. The largest absolute Gasteiger partial charge is 0.494 e. The lowest BCUT2D eigenvalue weighted by atomic mass is 9.96. The van der Waals surface area contributed by atoms with E-state index in [0.717, 1.165) is 29.7 Å². The van der Waals surface area contributed by atoms with Crippen LogP contribution in [0.4, 0.5) is 4.39 Å². The minimum absolute atomic E-state index is 0.0547. The van der Waals surface area contributed by atoms with Crippen LogP contribution in [0.15, 0.2) is 42.7 Å². The van der Waals surface area contributed by atoms with Gasteiger partial charge >= 0.3 is 0 Å². The molecule has 0 spiro atoms. The molecule has 4 aromatic rings. The molecule has 0 radical (unpaired) electrons. The van der Waals surface area contributed by atoms with Crippen LogP contribution in [0.25, 0.3) is 5.69 Å². The van der Waals surface area contributed by atoms with Crippen LogP contribution < -0.4 is 10.1 Å². The Hall–Kier alpha value is -4.13. The number of aliphatic hydroxyl groups is 1. The van der Waals surface area contributed by atoms with Crippen LogP contribution in [-0.4, -0.2) is 68.5 Å². The monoisotopic (exact) mass is 549 g/mol. The van der Waals surface area contributed by atoms with E-state index in [1.54, 1.807) is 30.1 Å². The third-order valence-corrected chi connectivity index (χ3v) is 7.03. The molecule has 0 bridgehead atoms. The van der Waals surface area contributed by atoms with E-state index in [0.29, 0.717) is 29.2 Å². The fraction of sp³-hybridized carbons (Fsp3) is 0.357. The summed E-state index contributed by atoms with van der Waals surface area (Å²) in [6, 6.07) is 9.19. The van der Waals surface area contributed by atoms with Gasteiger partial charge in [-0.25, -0.2) is 9.07 Å². The summed E-state index contributed by atoms with van der Waals surface area (Å²) in [5.74, 6) is -0.968. The van der Waals surface area contributed by atoms with Crippen LogP contribution in [0.3, 0.4) is 0 Å². The molecule has 1 atom stereocenters. The van der Waals surface area contributed by atoms with Crippen molar-refractivity contribution in [2.24, 2.45) is 0 Å². The molecule has 12 heteroatoms. The van der Waals surface area contributed by atoms with Crippen LogP contribution in [-0.2, 0) is 30.9 Å². The summed E-state index contributed by atoms with van der Waals surface area (Å²) < 4.78 is 28.9. The molecule has 210 valence electrons. The Morgan fingerprint density at radius 3 is 2.77 bits per heavy atom. The zero-order valence-corrected chi connectivity index (χ0v) is 22.9. The van der Waals surface area contributed by atoms with Gasteiger partial charge in [0.2, 0.25) is 0 Å². The van der Waals surface area contributed by atoms with Crippen molar-refractivity contribution in [3.8, 4) is 11.4 Å². The number of methoxy groups -OCH3 is 2. The fourth-order valence-electron chi connectivity index (χ4n) is 4.89. The van der Waals surface area contributed by atoms with Crippen molar-refractivity contribution in [3.63, 3.8) is 0 Å². The Morgan fingerprint density at radius 1 is 1.23 bits per heavy atom. The van der Waals surface area contributed by atoms with E-state index in [2.05, 4.69) is 20.7 Å². The molecule has 1 aliphatic heterocycles. The SMILES string of the molecule is COCc1nn(Cc2ccc3c(c2)C(O)N(C)CC3)cc1C(=O)NCc1c(-n2cc(C)nn2)ccc(OC)c1F. The molecule has 0 aliphatic carbocycles. The molecule has 1 unspecified atom stereocenters. The van der Waals surface area contributed by atoms with E-state index in [-0.39, 0.29) is 24.5 Å². The van der Waals surface area contributed by atoms with Crippen molar-refractivity contribution in [2.75, 3.05) is 27.8 Å². The first-order chi connectivity index (χ1) is 19.3. The van der Waals surface area contributed by atoms with Crippen LogP contribution in [0.1, 0.15) is 50.2 Å². The number of ether oxygens (including phenoxy) is 2. The number of likely N-dealkylation sites (N-methyl/N-ethyl adjacent to an activating group) is 1. The minimum atomic E-state index is -0.657. The lowest BCUT2D eigenvalue weighted by molar-refractivity contribution is 0.0127. The Balaban J connectivity index is 1.38. The van der Waals surface area contributed by atoms with Crippen molar-refractivity contribution in [1.29, 1.82) is 0 Å². The first-order valence-corrected chi connectivity index (χ1v) is 12.9. The summed E-state index contributed by atoms with van der Waals surface area (Å²) >= 11 is 0. The predicted molar refractivity (Wildman–Crippen MR) is 144 cm³/mol. The van der Waals surface area contributed by atoms with Gasteiger partial charge < -0.3 is 19.9 Å². The van der Waals surface area contributed by atoms with Crippen LogP contribution in [0.2, 0.25) is 0 Å². The number of hydrogen-bond acceptors (Lipinski definition) is 8. The lowest BCUT2D eigenvalue weighted by Crippen LogP contribution is -2.32. The number of aliphatic hydroxyl groups excluding tert-OH is 1. The molecule has 3 heterocycles. The van der Waals surface area contributed by atoms with Crippen LogP contribution in [0, 0.1) is 12.7 Å². The van der Waals surface area contributed by atoms with Gasteiger partial charge in [-0.1, -0.05) is 17.3 Å². The van der Waals surface area contributed by atoms with E-state index in [4.69, 9.17) is 9.47 Å². The summed E-state index contributed by atoms with van der Waals surface area (Å²) in [4.78, 5) is 15.2. The number of carbonyl (C=O) groups is 1. The molecular weight excluding hydrogens is 517 g/mol. The number of amides is 1. The van der Waals surface area contributed by atoms with Gasteiger partial charge in [0.05, 0.1) is 43.4 Å². The Labute approximate surface area is 231 Å². The third-order valence-electron chi connectivity index (χ3n) is 7.03. The van der Waals surface area contributed by atoms with Gasteiger partial charge in [-0.2, -0.15) is 5.10 Å². The molecule has 11 nitrogen and oxygen atoms in total. The zero-order valence-electron chi connectivity index (χ0n) is 22.9. The highest BCUT2D eigenvalue weighted by atomic mass is 19.1. The van der Waals surface area contributed by atoms with Gasteiger partial charge in [-0.3, -0.25) is 14.4 Å². The third kappa shape index (κ3) is 5.46. The maximum absolute atomic E-state index is 15.3. The van der Waals surface area contributed by atoms with Gasteiger partial charge in [0.25, 0.3) is 5.91 Å². The number of benzene rings is 2. The number of fused-ring (bicyclic) bond motifs is 1. The maximum atomic E-state index is 15.3. The molecule has 0 saturated carbocycles. The van der Waals surface area contributed by atoms with Gasteiger partial charge in [0.15, 0.2) is 11.6 Å². The second-order valence-electron chi connectivity index (χ2n) is 9.82. The van der Waals surface area contributed by atoms with Gasteiger partial charge in [0, 0.05) is 32.0 Å². The number of halogens is 1. The Morgan fingerprint density at radius 2 is 2.05 bits per heavy atom. The number of nitrogens with zero attached hydrogens (tertiary/aromatic N) is 6. The van der Waals surface area contributed by atoms with Gasteiger partial charge in [-0.15, -0.1) is 5.10 Å². The van der Waals surface area contributed by atoms with Crippen molar-refractivity contribution in [3.05, 3.63) is 87.7 Å². The molecule has 5 rings (SSSR count). The Bertz CT molecular complexity index is 1530. The van der Waals surface area contributed by atoms with Crippen molar-refractivity contribution in [2.45, 2.75) is 39.3 Å². The number of rotatable bonds is 9. The summed E-state index contributed by atoms with van der Waals surface area (Å²) in [6.07, 6.45) is 3.54. The van der Waals surface area contributed by atoms with Crippen molar-refractivity contribution >= 4 is 5.91 Å². The predicted octanol–water partition coefficient (Wildman–Crippen LogP) is 2.52. The topological polar surface area (TPSA) is 120 Å². The van der Waals surface area contributed by atoms with Crippen LogP contribution >= 0.6 is 0 Å². The second-order valence-corrected chi connectivity index (χ2v) is 9.82. The maximum Gasteiger partial charge on any atom is 0.255 e. The molecule has 2 aromatic heterocycles. The quantitative estimate of drug-likeness (QED) is 0.327. The number of aryl methyl sites for hydroxylation is 1. The molecular formula is C28H32FN7O4. The number of carbonyl (C=O) groups excluding carboxylic acids is 1. The van der Waals surface area contributed by atoms with Gasteiger partial charge in [0.1, 0.15) is 11.9 Å². The summed E-state index contributed by atoms with van der Waals surface area (Å²) in [5.41, 5.74) is 5.04. The zero-order chi connectivity index (χ0) is 28.4.